The highest BCUT2D eigenvalue weighted by atomic mass is 16.1. The van der Waals surface area contributed by atoms with E-state index < -0.39 is 0 Å². The number of hydrogen-bond donors (Lipinski definition) is 1. The molecule has 2 heteroatoms. The minimum absolute atomic E-state index is 0.0986. The number of nitrogens with one attached hydrogen (secondary N) is 1. The maximum absolute atomic E-state index is 12.5. The summed E-state index contributed by atoms with van der Waals surface area (Å²) in [5, 5.41) is 3.25. The fraction of sp³-hybridized carbons (Fsp3) is 0.611. The van der Waals surface area contributed by atoms with Crippen LogP contribution in [0.4, 0.5) is 0 Å². The molecule has 2 fully saturated rings. The van der Waals surface area contributed by atoms with Crippen molar-refractivity contribution in [3.63, 3.8) is 0 Å². The predicted molar refractivity (Wildman–Crippen MR) is 81.8 cm³/mol. The van der Waals surface area contributed by atoms with Gasteiger partial charge in [-0.25, -0.2) is 0 Å². The van der Waals surface area contributed by atoms with Crippen LogP contribution in [0.15, 0.2) is 18.2 Å². The molecular weight excluding hydrogens is 246 g/mol. The Kier molecular flexibility index (Phi) is 3.57. The zero-order valence-electron chi connectivity index (χ0n) is 12.8. The normalized spacial score (nSPS) is 29.4. The number of fused-ring (bicyclic) bond motifs is 2. The molecule has 0 aromatic heterocycles. The van der Waals surface area contributed by atoms with Gasteiger partial charge in [-0.1, -0.05) is 24.1 Å². The maximum atomic E-state index is 12.5. The van der Waals surface area contributed by atoms with Crippen LogP contribution in [0.3, 0.4) is 0 Å². The second kappa shape index (κ2) is 5.23. The molecule has 4 unspecified atom stereocenters. The number of carbonyl (C=O) groups is 1. The largest absolute Gasteiger partial charge is 0.349 e. The Morgan fingerprint density at radius 3 is 2.70 bits per heavy atom. The smallest absolute Gasteiger partial charge is 0.251 e. The number of amides is 1. The van der Waals surface area contributed by atoms with Crippen molar-refractivity contribution >= 4 is 5.91 Å². The Labute approximate surface area is 122 Å². The van der Waals surface area contributed by atoms with Gasteiger partial charge in [0.25, 0.3) is 5.91 Å². The van der Waals surface area contributed by atoms with Crippen LogP contribution in [0.1, 0.15) is 54.1 Å². The van der Waals surface area contributed by atoms with Gasteiger partial charge in [0, 0.05) is 11.6 Å². The van der Waals surface area contributed by atoms with Gasteiger partial charge in [0.05, 0.1) is 0 Å². The van der Waals surface area contributed by atoms with Gasteiger partial charge in [0.1, 0.15) is 0 Å². The van der Waals surface area contributed by atoms with E-state index in [0.717, 1.165) is 28.5 Å². The van der Waals surface area contributed by atoms with Gasteiger partial charge in [0.2, 0.25) is 0 Å². The Morgan fingerprint density at radius 2 is 2.05 bits per heavy atom. The number of rotatable bonds is 3. The van der Waals surface area contributed by atoms with Crippen molar-refractivity contribution in [1.82, 2.24) is 5.32 Å². The van der Waals surface area contributed by atoms with Crippen LogP contribution in [0, 0.1) is 31.6 Å². The molecule has 3 rings (SSSR count). The lowest BCUT2D eigenvalue weighted by molar-refractivity contribution is 0.0914. The summed E-state index contributed by atoms with van der Waals surface area (Å²) >= 11 is 0. The van der Waals surface area contributed by atoms with Gasteiger partial charge in [-0.15, -0.1) is 0 Å². The van der Waals surface area contributed by atoms with Gasteiger partial charge in [-0.2, -0.15) is 0 Å². The van der Waals surface area contributed by atoms with Crippen molar-refractivity contribution in [1.29, 1.82) is 0 Å². The SMILES string of the molecule is Cc1ccc(C)c(C(=O)NC(C)C2CC3CCC2C3)c1. The van der Waals surface area contributed by atoms with Crippen LogP contribution in [0.25, 0.3) is 0 Å². The molecule has 1 N–H and O–H groups in total. The van der Waals surface area contributed by atoms with E-state index in [1.165, 1.54) is 25.7 Å². The Bertz CT molecular complexity index is 522. The highest BCUT2D eigenvalue weighted by molar-refractivity contribution is 5.96. The van der Waals surface area contributed by atoms with E-state index in [4.69, 9.17) is 0 Å². The first-order chi connectivity index (χ1) is 9.54. The second-order valence-electron chi connectivity index (χ2n) is 6.92. The average Bonchev–Trinajstić information content (AvgIpc) is 3.03. The lowest BCUT2D eigenvalue weighted by Crippen LogP contribution is -2.40. The molecule has 0 radical (unpaired) electrons. The van der Waals surface area contributed by atoms with Crippen molar-refractivity contribution in [2.24, 2.45) is 17.8 Å². The fourth-order valence-corrected chi connectivity index (χ4v) is 4.28. The van der Waals surface area contributed by atoms with E-state index in [9.17, 15) is 4.79 Å². The Hall–Kier alpha value is -1.31. The van der Waals surface area contributed by atoms with Crippen LogP contribution in [0.5, 0.6) is 0 Å². The molecule has 1 amide bonds. The third kappa shape index (κ3) is 2.48. The molecule has 2 aliphatic carbocycles. The molecule has 0 saturated heterocycles. The molecule has 0 aliphatic heterocycles. The van der Waals surface area contributed by atoms with E-state index in [-0.39, 0.29) is 5.91 Å². The summed E-state index contributed by atoms with van der Waals surface area (Å²) in [6, 6.07) is 6.40. The monoisotopic (exact) mass is 271 g/mol. The first kappa shape index (κ1) is 13.7. The van der Waals surface area contributed by atoms with E-state index in [2.05, 4.69) is 18.3 Å². The Morgan fingerprint density at radius 1 is 1.25 bits per heavy atom. The fourth-order valence-electron chi connectivity index (χ4n) is 4.28. The minimum atomic E-state index is 0.0986. The lowest BCUT2D eigenvalue weighted by atomic mass is 9.84. The second-order valence-corrected chi connectivity index (χ2v) is 6.92. The topological polar surface area (TPSA) is 29.1 Å². The number of aryl methyl sites for hydroxylation is 2. The minimum Gasteiger partial charge on any atom is -0.349 e. The highest BCUT2D eigenvalue weighted by Crippen LogP contribution is 2.49. The molecule has 4 atom stereocenters. The molecule has 2 bridgehead atoms. The van der Waals surface area contributed by atoms with Crippen molar-refractivity contribution in [3.8, 4) is 0 Å². The van der Waals surface area contributed by atoms with Crippen molar-refractivity contribution < 1.29 is 4.79 Å². The quantitative estimate of drug-likeness (QED) is 0.888. The van der Waals surface area contributed by atoms with Crippen molar-refractivity contribution in [2.75, 3.05) is 0 Å². The van der Waals surface area contributed by atoms with E-state index in [0.29, 0.717) is 12.0 Å². The first-order valence-electron chi connectivity index (χ1n) is 7.92. The van der Waals surface area contributed by atoms with Crippen LogP contribution in [0.2, 0.25) is 0 Å². The standard InChI is InChI=1S/C18H25NO/c1-11-4-5-12(2)16(8-11)18(20)19-13(3)17-10-14-6-7-15(17)9-14/h4-5,8,13-15,17H,6-7,9-10H2,1-3H3,(H,19,20). The predicted octanol–water partition coefficient (Wildman–Crippen LogP) is 3.86. The van der Waals surface area contributed by atoms with Crippen LogP contribution >= 0.6 is 0 Å². The van der Waals surface area contributed by atoms with Crippen molar-refractivity contribution in [2.45, 2.75) is 52.5 Å². The van der Waals surface area contributed by atoms with Gasteiger partial charge in [-0.3, -0.25) is 4.79 Å². The van der Waals surface area contributed by atoms with Crippen LogP contribution in [-0.2, 0) is 0 Å². The third-order valence-electron chi connectivity index (χ3n) is 5.43. The molecule has 2 nitrogen and oxygen atoms in total. The summed E-state index contributed by atoms with van der Waals surface area (Å²) < 4.78 is 0. The lowest BCUT2D eigenvalue weighted by Gasteiger charge is -2.28. The first-order valence-corrected chi connectivity index (χ1v) is 7.92. The van der Waals surface area contributed by atoms with Crippen LogP contribution in [-0.4, -0.2) is 11.9 Å². The van der Waals surface area contributed by atoms with E-state index in [1.54, 1.807) is 0 Å². The third-order valence-corrected chi connectivity index (χ3v) is 5.43. The van der Waals surface area contributed by atoms with E-state index in [1.807, 2.05) is 26.0 Å². The molecule has 2 saturated carbocycles. The molecular formula is C18H25NO. The van der Waals surface area contributed by atoms with Crippen LogP contribution < -0.4 is 5.32 Å². The Balaban J connectivity index is 1.68. The summed E-state index contributed by atoms with van der Waals surface area (Å²) in [7, 11) is 0. The average molecular weight is 271 g/mol. The summed E-state index contributed by atoms with van der Waals surface area (Å²) in [4.78, 5) is 12.5. The summed E-state index contributed by atoms with van der Waals surface area (Å²) in [5.74, 6) is 2.59. The summed E-state index contributed by atoms with van der Waals surface area (Å²) in [5.41, 5.74) is 3.04. The van der Waals surface area contributed by atoms with Crippen molar-refractivity contribution in [3.05, 3.63) is 34.9 Å². The zero-order valence-corrected chi connectivity index (χ0v) is 12.8. The molecule has 0 heterocycles. The molecule has 108 valence electrons. The number of hydrogen-bond acceptors (Lipinski definition) is 1. The molecule has 2 aliphatic rings. The summed E-state index contributed by atoms with van der Waals surface area (Å²) in [6.07, 6.45) is 5.51. The van der Waals surface area contributed by atoms with Gasteiger partial charge in [0.15, 0.2) is 0 Å². The van der Waals surface area contributed by atoms with Gasteiger partial charge < -0.3 is 5.32 Å². The molecule has 20 heavy (non-hydrogen) atoms. The maximum Gasteiger partial charge on any atom is 0.251 e. The number of benzene rings is 1. The molecule has 1 aromatic carbocycles. The molecule has 0 spiro atoms. The number of carbonyl (C=O) groups excluding carboxylic acids is 1. The van der Waals surface area contributed by atoms with Gasteiger partial charge in [-0.05, 0) is 69.4 Å². The highest BCUT2D eigenvalue weighted by Gasteiger charge is 2.42. The molecule has 1 aromatic rings. The summed E-state index contributed by atoms with van der Waals surface area (Å²) in [6.45, 7) is 6.24. The van der Waals surface area contributed by atoms with Gasteiger partial charge >= 0.3 is 0 Å². The zero-order chi connectivity index (χ0) is 14.3. The van der Waals surface area contributed by atoms with E-state index >= 15 is 0 Å².